The summed E-state index contributed by atoms with van der Waals surface area (Å²) in [5, 5.41) is 0. The summed E-state index contributed by atoms with van der Waals surface area (Å²) in [4.78, 5) is 4.10. The first-order chi connectivity index (χ1) is 6.70. The SMILES string of the molecule is CCCc1cc(Br)c2oc(N)nc2c1. The van der Waals surface area contributed by atoms with Gasteiger partial charge in [-0.15, -0.1) is 0 Å². The van der Waals surface area contributed by atoms with Crippen LogP contribution in [0.1, 0.15) is 18.9 Å². The summed E-state index contributed by atoms with van der Waals surface area (Å²) in [6.45, 7) is 2.15. The summed E-state index contributed by atoms with van der Waals surface area (Å²) in [6.07, 6.45) is 2.16. The molecule has 0 bridgehead atoms. The van der Waals surface area contributed by atoms with Gasteiger partial charge < -0.3 is 10.2 Å². The molecule has 2 aromatic rings. The van der Waals surface area contributed by atoms with Crippen LogP contribution in [0.5, 0.6) is 0 Å². The van der Waals surface area contributed by atoms with E-state index in [-0.39, 0.29) is 6.01 Å². The molecule has 74 valence electrons. The molecule has 1 aromatic heterocycles. The van der Waals surface area contributed by atoms with Crippen molar-refractivity contribution in [3.63, 3.8) is 0 Å². The predicted molar refractivity (Wildman–Crippen MR) is 60.1 cm³/mol. The molecule has 0 fully saturated rings. The number of aryl methyl sites for hydroxylation is 1. The number of halogens is 1. The second kappa shape index (κ2) is 3.61. The normalized spacial score (nSPS) is 11.0. The van der Waals surface area contributed by atoms with Gasteiger partial charge >= 0.3 is 0 Å². The van der Waals surface area contributed by atoms with Crippen LogP contribution < -0.4 is 5.73 Å². The topological polar surface area (TPSA) is 52.0 Å². The Kier molecular flexibility index (Phi) is 2.46. The number of aromatic nitrogens is 1. The van der Waals surface area contributed by atoms with Crippen LogP contribution in [0.25, 0.3) is 11.1 Å². The van der Waals surface area contributed by atoms with E-state index in [1.807, 2.05) is 6.07 Å². The number of anilines is 1. The van der Waals surface area contributed by atoms with Gasteiger partial charge in [0.1, 0.15) is 5.52 Å². The molecule has 4 heteroatoms. The largest absolute Gasteiger partial charge is 0.422 e. The van der Waals surface area contributed by atoms with E-state index < -0.39 is 0 Å². The Balaban J connectivity index is 2.59. The summed E-state index contributed by atoms with van der Waals surface area (Å²) in [5.41, 5.74) is 8.28. The molecule has 3 nitrogen and oxygen atoms in total. The van der Waals surface area contributed by atoms with Crippen LogP contribution in [0.4, 0.5) is 6.01 Å². The summed E-state index contributed by atoms with van der Waals surface area (Å²) in [7, 11) is 0. The highest BCUT2D eigenvalue weighted by Crippen LogP contribution is 2.27. The lowest BCUT2D eigenvalue weighted by atomic mass is 10.1. The number of nitrogen functional groups attached to an aromatic ring is 1. The fourth-order valence-corrected chi connectivity index (χ4v) is 2.07. The maximum atomic E-state index is 5.48. The van der Waals surface area contributed by atoms with E-state index in [1.165, 1.54) is 5.56 Å². The minimum absolute atomic E-state index is 0.217. The molecule has 0 unspecified atom stereocenters. The molecule has 0 aliphatic carbocycles. The van der Waals surface area contributed by atoms with Crippen LogP contribution in [0.15, 0.2) is 21.0 Å². The Labute approximate surface area is 90.4 Å². The lowest BCUT2D eigenvalue weighted by Gasteiger charge is -1.99. The third-order valence-corrected chi connectivity index (χ3v) is 2.65. The number of fused-ring (bicyclic) bond motifs is 1. The molecule has 14 heavy (non-hydrogen) atoms. The smallest absolute Gasteiger partial charge is 0.293 e. The van der Waals surface area contributed by atoms with E-state index in [9.17, 15) is 0 Å². The monoisotopic (exact) mass is 254 g/mol. The highest BCUT2D eigenvalue weighted by molar-refractivity contribution is 9.10. The van der Waals surface area contributed by atoms with Gasteiger partial charge in [-0.05, 0) is 40.0 Å². The standard InChI is InChI=1S/C10H11BrN2O/c1-2-3-6-4-7(11)9-8(5-6)13-10(12)14-9/h4-5H,2-3H2,1H3,(H2,12,13). The highest BCUT2D eigenvalue weighted by atomic mass is 79.9. The van der Waals surface area contributed by atoms with Crippen molar-refractivity contribution in [2.75, 3.05) is 5.73 Å². The lowest BCUT2D eigenvalue weighted by Crippen LogP contribution is -1.84. The Morgan fingerprint density at radius 3 is 3.00 bits per heavy atom. The molecule has 0 amide bonds. The first kappa shape index (κ1) is 9.52. The van der Waals surface area contributed by atoms with Crippen LogP contribution in [-0.2, 0) is 6.42 Å². The van der Waals surface area contributed by atoms with Crippen molar-refractivity contribution in [3.05, 3.63) is 22.2 Å². The van der Waals surface area contributed by atoms with E-state index in [4.69, 9.17) is 10.2 Å². The Hall–Kier alpha value is -1.03. The first-order valence-electron chi connectivity index (χ1n) is 4.55. The van der Waals surface area contributed by atoms with E-state index >= 15 is 0 Å². The lowest BCUT2D eigenvalue weighted by molar-refractivity contribution is 0.624. The van der Waals surface area contributed by atoms with E-state index in [1.54, 1.807) is 0 Å². The number of hydrogen-bond donors (Lipinski definition) is 1. The van der Waals surface area contributed by atoms with Crippen molar-refractivity contribution < 1.29 is 4.42 Å². The quantitative estimate of drug-likeness (QED) is 0.896. The summed E-state index contributed by atoms with van der Waals surface area (Å²) >= 11 is 3.44. The van der Waals surface area contributed by atoms with Gasteiger partial charge in [-0.3, -0.25) is 0 Å². The number of hydrogen-bond acceptors (Lipinski definition) is 3. The van der Waals surface area contributed by atoms with E-state index in [0.29, 0.717) is 0 Å². The number of nitrogens with two attached hydrogens (primary N) is 1. The second-order valence-electron chi connectivity index (χ2n) is 3.23. The van der Waals surface area contributed by atoms with Crippen molar-refractivity contribution in [1.82, 2.24) is 4.98 Å². The van der Waals surface area contributed by atoms with Crippen molar-refractivity contribution in [2.45, 2.75) is 19.8 Å². The number of nitrogens with zero attached hydrogens (tertiary/aromatic N) is 1. The Morgan fingerprint density at radius 2 is 2.29 bits per heavy atom. The molecular formula is C10H11BrN2O. The van der Waals surface area contributed by atoms with Gasteiger partial charge in [0.05, 0.1) is 4.47 Å². The number of benzene rings is 1. The van der Waals surface area contributed by atoms with Gasteiger partial charge in [0, 0.05) is 0 Å². The third-order valence-electron chi connectivity index (χ3n) is 2.06. The molecule has 2 N–H and O–H groups in total. The van der Waals surface area contributed by atoms with Crippen LogP contribution in [-0.4, -0.2) is 4.98 Å². The molecule has 0 aliphatic rings. The van der Waals surface area contributed by atoms with Gasteiger partial charge in [0.25, 0.3) is 6.01 Å². The maximum Gasteiger partial charge on any atom is 0.293 e. The van der Waals surface area contributed by atoms with Gasteiger partial charge in [-0.1, -0.05) is 13.3 Å². The van der Waals surface area contributed by atoms with Crippen molar-refractivity contribution in [2.24, 2.45) is 0 Å². The van der Waals surface area contributed by atoms with Gasteiger partial charge in [-0.2, -0.15) is 4.98 Å². The Morgan fingerprint density at radius 1 is 1.50 bits per heavy atom. The molecule has 0 atom stereocenters. The van der Waals surface area contributed by atoms with Gasteiger partial charge in [0.15, 0.2) is 5.58 Å². The van der Waals surface area contributed by atoms with Crippen LogP contribution in [0.2, 0.25) is 0 Å². The highest BCUT2D eigenvalue weighted by Gasteiger charge is 2.08. The minimum atomic E-state index is 0.217. The number of rotatable bonds is 2. The van der Waals surface area contributed by atoms with Crippen molar-refractivity contribution >= 4 is 33.0 Å². The molecular weight excluding hydrogens is 244 g/mol. The molecule has 0 saturated heterocycles. The zero-order chi connectivity index (χ0) is 10.1. The fourth-order valence-electron chi connectivity index (χ4n) is 1.50. The summed E-state index contributed by atoms with van der Waals surface area (Å²) in [6, 6.07) is 4.29. The van der Waals surface area contributed by atoms with Crippen LogP contribution >= 0.6 is 15.9 Å². The van der Waals surface area contributed by atoms with Crippen LogP contribution in [0, 0.1) is 0 Å². The fraction of sp³-hybridized carbons (Fsp3) is 0.300. The van der Waals surface area contributed by atoms with Gasteiger partial charge in [-0.25, -0.2) is 0 Å². The predicted octanol–water partition coefficient (Wildman–Crippen LogP) is 3.13. The summed E-state index contributed by atoms with van der Waals surface area (Å²) in [5.74, 6) is 0. The van der Waals surface area contributed by atoms with Crippen LogP contribution in [0.3, 0.4) is 0 Å². The maximum absolute atomic E-state index is 5.48. The summed E-state index contributed by atoms with van der Waals surface area (Å²) < 4.78 is 6.17. The molecule has 0 aliphatic heterocycles. The molecule has 1 aromatic carbocycles. The zero-order valence-electron chi connectivity index (χ0n) is 7.88. The van der Waals surface area contributed by atoms with Gasteiger partial charge in [0.2, 0.25) is 0 Å². The average molecular weight is 255 g/mol. The van der Waals surface area contributed by atoms with Crippen molar-refractivity contribution in [1.29, 1.82) is 0 Å². The molecule has 0 radical (unpaired) electrons. The molecule has 1 heterocycles. The zero-order valence-corrected chi connectivity index (χ0v) is 9.47. The number of oxazole rings is 1. The molecule has 0 spiro atoms. The second-order valence-corrected chi connectivity index (χ2v) is 4.08. The minimum Gasteiger partial charge on any atom is -0.422 e. The van der Waals surface area contributed by atoms with E-state index in [2.05, 4.69) is 33.9 Å². The Bertz CT molecular complexity index is 464. The molecule has 0 saturated carbocycles. The van der Waals surface area contributed by atoms with E-state index in [0.717, 1.165) is 28.4 Å². The first-order valence-corrected chi connectivity index (χ1v) is 5.34. The third kappa shape index (κ3) is 1.62. The average Bonchev–Trinajstić information content (AvgIpc) is 2.47. The molecule has 2 rings (SSSR count). The van der Waals surface area contributed by atoms with Crippen molar-refractivity contribution in [3.8, 4) is 0 Å².